The summed E-state index contributed by atoms with van der Waals surface area (Å²) in [5.41, 5.74) is 2.04. The Bertz CT molecular complexity index is 957. The molecular weight excluding hydrogens is 347 g/mol. The highest BCUT2D eigenvalue weighted by Gasteiger charge is 2.40. The summed E-state index contributed by atoms with van der Waals surface area (Å²) >= 11 is 0. The van der Waals surface area contributed by atoms with Crippen molar-refractivity contribution in [3.8, 4) is 0 Å². The number of fused-ring (bicyclic) bond motifs is 1. The topological polar surface area (TPSA) is 73.7 Å². The highest BCUT2D eigenvalue weighted by molar-refractivity contribution is 5.98. The Morgan fingerprint density at radius 2 is 2.07 bits per heavy atom. The van der Waals surface area contributed by atoms with Crippen LogP contribution < -0.4 is 0 Å². The Balaban J connectivity index is 1.66. The van der Waals surface area contributed by atoms with Gasteiger partial charge in [0.2, 0.25) is 0 Å². The van der Waals surface area contributed by atoms with Gasteiger partial charge in [-0.15, -0.1) is 0 Å². The monoisotopic (exact) mass is 368 g/mol. The normalized spacial score (nSPS) is 19.1. The molecule has 0 aliphatic carbocycles. The van der Waals surface area contributed by atoms with Gasteiger partial charge in [0.25, 0.3) is 0 Å². The smallest absolute Gasteiger partial charge is 0.168 e. The molecule has 6 nitrogen and oxygen atoms in total. The Morgan fingerprint density at radius 3 is 2.81 bits per heavy atom. The molecule has 2 aromatic rings. The van der Waals surface area contributed by atoms with Crippen molar-refractivity contribution < 1.29 is 14.2 Å². The van der Waals surface area contributed by atoms with Gasteiger partial charge in [-0.05, 0) is 31.5 Å². The second-order valence-electron chi connectivity index (χ2n) is 7.15. The van der Waals surface area contributed by atoms with Gasteiger partial charge in [-0.1, -0.05) is 18.7 Å². The molecule has 0 amide bonds. The molecule has 7 heteroatoms. The van der Waals surface area contributed by atoms with E-state index in [1.54, 1.807) is 18.3 Å². The van der Waals surface area contributed by atoms with Gasteiger partial charge in [0.05, 0.1) is 12.3 Å². The molecule has 1 aromatic heterocycles. The maximum absolute atomic E-state index is 13.1. The average molecular weight is 368 g/mol. The molecule has 2 N–H and O–H groups in total. The number of amidine groups is 1. The summed E-state index contributed by atoms with van der Waals surface area (Å²) < 4.78 is 18.9. The molecule has 140 valence electrons. The third-order valence-corrected chi connectivity index (χ3v) is 4.77. The molecule has 0 spiro atoms. The van der Waals surface area contributed by atoms with Crippen LogP contribution in [0, 0.1) is 5.82 Å². The third-order valence-electron chi connectivity index (χ3n) is 4.77. The van der Waals surface area contributed by atoms with E-state index in [0.29, 0.717) is 42.6 Å². The number of ether oxygens (including phenoxy) is 1. The fourth-order valence-electron chi connectivity index (χ4n) is 3.33. The molecule has 4 rings (SSSR count). The van der Waals surface area contributed by atoms with Gasteiger partial charge in [0.15, 0.2) is 17.3 Å². The van der Waals surface area contributed by atoms with Gasteiger partial charge in [0.1, 0.15) is 17.3 Å². The van der Waals surface area contributed by atoms with Crippen LogP contribution in [0.1, 0.15) is 30.9 Å². The van der Waals surface area contributed by atoms with E-state index in [-0.39, 0.29) is 11.6 Å². The number of aromatic nitrogens is 2. The minimum atomic E-state index is -0.587. The molecule has 2 aliphatic heterocycles. The van der Waals surface area contributed by atoms with E-state index in [0.717, 1.165) is 11.3 Å². The zero-order valence-corrected chi connectivity index (χ0v) is 15.3. The Hall–Kier alpha value is -2.93. The first-order valence-electron chi connectivity index (χ1n) is 8.77. The summed E-state index contributed by atoms with van der Waals surface area (Å²) in [6.07, 6.45) is 2.26. The summed E-state index contributed by atoms with van der Waals surface area (Å²) in [4.78, 5) is 14.1. The predicted octanol–water partition coefficient (Wildman–Crippen LogP) is 3.40. The lowest BCUT2D eigenvalue weighted by atomic mass is 10.0. The van der Waals surface area contributed by atoms with E-state index < -0.39 is 5.60 Å². The molecule has 3 heterocycles. The highest BCUT2D eigenvalue weighted by Crippen LogP contribution is 2.34. The van der Waals surface area contributed by atoms with E-state index in [9.17, 15) is 9.50 Å². The fourth-order valence-corrected chi connectivity index (χ4v) is 3.33. The fraction of sp³-hybridized carbons (Fsp3) is 0.300. The predicted molar refractivity (Wildman–Crippen MR) is 101 cm³/mol. The van der Waals surface area contributed by atoms with Crippen LogP contribution in [0.25, 0.3) is 5.70 Å². The molecule has 0 radical (unpaired) electrons. The number of aliphatic hydroxyl groups is 1. The van der Waals surface area contributed by atoms with Crippen LogP contribution >= 0.6 is 0 Å². The van der Waals surface area contributed by atoms with Crippen molar-refractivity contribution in [2.24, 2.45) is 4.99 Å². The summed E-state index contributed by atoms with van der Waals surface area (Å²) in [5.74, 6) is 0.888. The summed E-state index contributed by atoms with van der Waals surface area (Å²) in [7, 11) is 0. The largest absolute Gasteiger partial charge is 0.504 e. The molecule has 0 saturated carbocycles. The molecule has 0 unspecified atom stereocenters. The number of nitrogens with zero attached hydrogens (tertiary/aromatic N) is 3. The minimum Gasteiger partial charge on any atom is -0.504 e. The van der Waals surface area contributed by atoms with Gasteiger partial charge < -0.3 is 19.7 Å². The molecule has 2 aliphatic rings. The zero-order chi connectivity index (χ0) is 19.2. The van der Waals surface area contributed by atoms with E-state index in [1.807, 2.05) is 18.7 Å². The first kappa shape index (κ1) is 17.5. The number of halogens is 1. The maximum atomic E-state index is 13.1. The quantitative estimate of drug-likeness (QED) is 0.871. The van der Waals surface area contributed by atoms with E-state index >= 15 is 0 Å². The van der Waals surface area contributed by atoms with Crippen molar-refractivity contribution in [1.82, 2.24) is 14.9 Å². The van der Waals surface area contributed by atoms with Crippen LogP contribution in [-0.4, -0.2) is 44.6 Å². The highest BCUT2D eigenvalue weighted by atomic mass is 19.1. The molecular formula is C20H21FN4O2. The van der Waals surface area contributed by atoms with Crippen LogP contribution in [0.4, 0.5) is 4.39 Å². The lowest BCUT2D eigenvalue weighted by molar-refractivity contribution is -0.000975. The Morgan fingerprint density at radius 1 is 1.33 bits per heavy atom. The average Bonchev–Trinajstić information content (AvgIpc) is 3.08. The number of rotatable bonds is 3. The van der Waals surface area contributed by atoms with Gasteiger partial charge >= 0.3 is 0 Å². The van der Waals surface area contributed by atoms with Crippen molar-refractivity contribution in [2.75, 3.05) is 13.2 Å². The summed E-state index contributed by atoms with van der Waals surface area (Å²) in [5, 5.41) is 10.6. The van der Waals surface area contributed by atoms with Crippen molar-refractivity contribution in [1.29, 1.82) is 0 Å². The second kappa shape index (κ2) is 6.35. The van der Waals surface area contributed by atoms with Crippen LogP contribution in [0.2, 0.25) is 0 Å². The van der Waals surface area contributed by atoms with Crippen molar-refractivity contribution >= 4 is 11.5 Å². The molecule has 27 heavy (non-hydrogen) atoms. The van der Waals surface area contributed by atoms with Gasteiger partial charge in [-0.2, -0.15) is 0 Å². The number of imidazole rings is 1. The molecule has 0 bridgehead atoms. The van der Waals surface area contributed by atoms with Crippen molar-refractivity contribution in [3.05, 3.63) is 71.4 Å². The number of H-pyrrole nitrogens is 1. The summed E-state index contributed by atoms with van der Waals surface area (Å²) in [6, 6.07) is 6.32. The lowest BCUT2D eigenvalue weighted by Crippen LogP contribution is -2.54. The lowest BCUT2D eigenvalue weighted by Gasteiger charge is -2.43. The van der Waals surface area contributed by atoms with E-state index in [1.165, 1.54) is 12.1 Å². The Labute approximate surface area is 156 Å². The number of hydrogen-bond donors (Lipinski definition) is 2. The Kier molecular flexibility index (Phi) is 4.11. The SMILES string of the molecule is C=C1C(O)=C(c2ncc(Cc3ccc(F)cc3)[nH]2)N=C2N1CCOC2(C)C. The molecule has 0 atom stereocenters. The van der Waals surface area contributed by atoms with Gasteiger partial charge in [-0.25, -0.2) is 14.4 Å². The number of nitrogens with one attached hydrogen (secondary N) is 1. The third kappa shape index (κ3) is 3.14. The van der Waals surface area contributed by atoms with E-state index in [2.05, 4.69) is 21.5 Å². The molecule has 1 saturated heterocycles. The zero-order valence-electron chi connectivity index (χ0n) is 15.3. The number of benzene rings is 1. The molecule has 1 fully saturated rings. The number of aliphatic hydroxyl groups excluding tert-OH is 1. The van der Waals surface area contributed by atoms with Crippen LogP contribution in [0.5, 0.6) is 0 Å². The minimum absolute atomic E-state index is 0.000804. The van der Waals surface area contributed by atoms with Crippen molar-refractivity contribution in [2.45, 2.75) is 25.9 Å². The first-order chi connectivity index (χ1) is 12.8. The second-order valence-corrected chi connectivity index (χ2v) is 7.15. The van der Waals surface area contributed by atoms with Gasteiger partial charge in [0, 0.05) is 24.9 Å². The first-order valence-corrected chi connectivity index (χ1v) is 8.77. The van der Waals surface area contributed by atoms with Crippen LogP contribution in [0.15, 0.2) is 53.5 Å². The molecule has 1 aromatic carbocycles. The van der Waals surface area contributed by atoms with Gasteiger partial charge in [-0.3, -0.25) is 0 Å². The standard InChI is InChI=1S/C20H21FN4O2/c1-12-17(26)16(24-19-20(2,3)27-9-8-25(12)19)18-22-11-15(23-18)10-13-4-6-14(21)7-5-13/h4-7,11,26H,1,8-10H2,2-3H3,(H,22,23). The number of aromatic amines is 1. The maximum Gasteiger partial charge on any atom is 0.168 e. The van der Waals surface area contributed by atoms with Crippen molar-refractivity contribution in [3.63, 3.8) is 0 Å². The van der Waals surface area contributed by atoms with Crippen LogP contribution in [-0.2, 0) is 11.2 Å². The number of hydrogen-bond acceptors (Lipinski definition) is 5. The number of morpholine rings is 1. The summed E-state index contributed by atoms with van der Waals surface area (Å²) in [6.45, 7) is 9.01. The van der Waals surface area contributed by atoms with Crippen LogP contribution in [0.3, 0.4) is 0 Å². The van der Waals surface area contributed by atoms with E-state index in [4.69, 9.17) is 4.74 Å². The number of aliphatic imine (C=N–C) groups is 1.